The van der Waals surface area contributed by atoms with Crippen LogP contribution in [0.1, 0.15) is 70.7 Å². The molecule has 3 N–H and O–H groups in total. The summed E-state index contributed by atoms with van der Waals surface area (Å²) in [4.78, 5) is 9.02. The maximum Gasteiger partial charge on any atom is 0.134 e. The first-order chi connectivity index (χ1) is 9.62. The molecule has 0 saturated carbocycles. The van der Waals surface area contributed by atoms with Gasteiger partial charge in [0.25, 0.3) is 0 Å². The molecule has 20 heavy (non-hydrogen) atoms. The molecule has 1 unspecified atom stereocenters. The minimum absolute atomic E-state index is 0.488. The van der Waals surface area contributed by atoms with Crippen LogP contribution in [-0.4, -0.2) is 16.0 Å². The molecule has 0 aromatic carbocycles. The number of aromatic nitrogens is 2. The zero-order valence-corrected chi connectivity index (χ0v) is 13.5. The average molecular weight is 278 g/mol. The van der Waals surface area contributed by atoms with Crippen molar-refractivity contribution in [1.29, 1.82) is 0 Å². The van der Waals surface area contributed by atoms with Crippen molar-refractivity contribution in [2.75, 3.05) is 11.1 Å². The van der Waals surface area contributed by atoms with E-state index in [-0.39, 0.29) is 0 Å². The Morgan fingerprint density at radius 2 is 1.80 bits per heavy atom. The molecule has 0 amide bonds. The van der Waals surface area contributed by atoms with Gasteiger partial charge in [-0.25, -0.2) is 9.97 Å². The van der Waals surface area contributed by atoms with E-state index in [4.69, 9.17) is 5.73 Å². The Labute approximate surface area is 123 Å². The molecule has 1 heterocycles. The van der Waals surface area contributed by atoms with E-state index in [1.165, 1.54) is 32.1 Å². The molecule has 0 radical (unpaired) electrons. The summed E-state index contributed by atoms with van der Waals surface area (Å²) in [6, 6.07) is 0.488. The van der Waals surface area contributed by atoms with Crippen LogP contribution in [0.3, 0.4) is 0 Å². The summed E-state index contributed by atoms with van der Waals surface area (Å²) in [5.74, 6) is 2.39. The Morgan fingerprint density at radius 1 is 1.05 bits per heavy atom. The number of anilines is 2. The number of hydrogen-bond donors (Lipinski definition) is 2. The molecule has 0 fully saturated rings. The van der Waals surface area contributed by atoms with Crippen molar-refractivity contribution in [3.05, 3.63) is 11.4 Å². The van der Waals surface area contributed by atoms with Gasteiger partial charge in [0.15, 0.2) is 0 Å². The number of rotatable bonds is 9. The molecule has 1 rings (SSSR count). The number of unbranched alkanes of at least 4 members (excludes halogenated alkanes) is 1. The summed E-state index contributed by atoms with van der Waals surface area (Å²) in [5.41, 5.74) is 6.98. The van der Waals surface area contributed by atoms with E-state index in [2.05, 4.69) is 36.1 Å². The van der Waals surface area contributed by atoms with Crippen molar-refractivity contribution in [1.82, 2.24) is 9.97 Å². The second-order valence-corrected chi connectivity index (χ2v) is 5.52. The molecule has 0 saturated heterocycles. The van der Waals surface area contributed by atoms with E-state index in [9.17, 15) is 0 Å². The highest BCUT2D eigenvalue weighted by Crippen LogP contribution is 2.21. The van der Waals surface area contributed by atoms with Crippen LogP contribution >= 0.6 is 0 Å². The van der Waals surface area contributed by atoms with Crippen LogP contribution in [-0.2, 0) is 6.42 Å². The molecule has 114 valence electrons. The first-order valence-electron chi connectivity index (χ1n) is 8.01. The fraction of sp³-hybridized carbons (Fsp3) is 0.750. The van der Waals surface area contributed by atoms with E-state index < -0.39 is 0 Å². The van der Waals surface area contributed by atoms with Gasteiger partial charge >= 0.3 is 0 Å². The molecule has 0 bridgehead atoms. The summed E-state index contributed by atoms with van der Waals surface area (Å²) in [6.07, 6.45) is 7.95. The lowest BCUT2D eigenvalue weighted by molar-refractivity contribution is 0.562. The third kappa shape index (κ3) is 4.99. The van der Waals surface area contributed by atoms with Crippen LogP contribution < -0.4 is 11.1 Å². The van der Waals surface area contributed by atoms with Crippen LogP contribution in [0.4, 0.5) is 11.6 Å². The summed E-state index contributed by atoms with van der Waals surface area (Å²) in [7, 11) is 0. The third-order valence-electron chi connectivity index (χ3n) is 3.59. The predicted octanol–water partition coefficient (Wildman–Crippen LogP) is 4.09. The summed E-state index contributed by atoms with van der Waals surface area (Å²) in [6.45, 7) is 8.59. The monoisotopic (exact) mass is 278 g/mol. The lowest BCUT2D eigenvalue weighted by Gasteiger charge is -2.20. The second kappa shape index (κ2) is 8.77. The van der Waals surface area contributed by atoms with Crippen LogP contribution in [0.15, 0.2) is 0 Å². The summed E-state index contributed by atoms with van der Waals surface area (Å²) in [5, 5.41) is 3.59. The van der Waals surface area contributed by atoms with Crippen molar-refractivity contribution in [2.24, 2.45) is 0 Å². The maximum atomic E-state index is 6.01. The first kappa shape index (κ1) is 16.7. The Morgan fingerprint density at radius 3 is 2.40 bits per heavy atom. The van der Waals surface area contributed by atoms with Gasteiger partial charge < -0.3 is 11.1 Å². The molecule has 1 atom stereocenters. The number of nitrogens with zero attached hydrogens (tertiary/aromatic N) is 2. The van der Waals surface area contributed by atoms with Gasteiger partial charge in [-0.1, -0.05) is 40.0 Å². The Balaban J connectivity index is 2.86. The van der Waals surface area contributed by atoms with E-state index in [1.807, 2.05) is 6.92 Å². The van der Waals surface area contributed by atoms with Gasteiger partial charge in [-0.3, -0.25) is 0 Å². The quantitative estimate of drug-likeness (QED) is 0.714. The van der Waals surface area contributed by atoms with Gasteiger partial charge in [-0.15, -0.1) is 0 Å². The molecule has 1 aromatic heterocycles. The van der Waals surface area contributed by atoms with E-state index in [0.29, 0.717) is 11.9 Å². The minimum Gasteiger partial charge on any atom is -0.383 e. The maximum absolute atomic E-state index is 6.01. The fourth-order valence-electron chi connectivity index (χ4n) is 2.34. The van der Waals surface area contributed by atoms with Crippen molar-refractivity contribution < 1.29 is 0 Å². The molecule has 0 aliphatic rings. The zero-order chi connectivity index (χ0) is 15.0. The first-order valence-corrected chi connectivity index (χ1v) is 8.01. The predicted molar refractivity (Wildman–Crippen MR) is 87.0 cm³/mol. The number of aryl methyl sites for hydroxylation is 1. The van der Waals surface area contributed by atoms with Crippen LogP contribution in [0.5, 0.6) is 0 Å². The Kier molecular flexibility index (Phi) is 7.34. The lowest BCUT2D eigenvalue weighted by atomic mass is 10.0. The minimum atomic E-state index is 0.488. The van der Waals surface area contributed by atoms with Crippen molar-refractivity contribution in [3.8, 4) is 0 Å². The molecular weight excluding hydrogens is 248 g/mol. The SMILES string of the molecule is CCCCC(CCC)Nc1nc(CCC)nc(N)c1C. The highest BCUT2D eigenvalue weighted by molar-refractivity contribution is 5.55. The van der Waals surface area contributed by atoms with Gasteiger partial charge in [0.2, 0.25) is 0 Å². The largest absolute Gasteiger partial charge is 0.383 e. The standard InChI is InChI=1S/C16H30N4/c1-5-8-11-13(9-6-2)18-16-12(4)15(17)19-14(20-16)10-7-3/h13H,5-11H2,1-4H3,(H3,17,18,19,20). The van der Waals surface area contributed by atoms with Crippen molar-refractivity contribution >= 4 is 11.6 Å². The fourth-order valence-corrected chi connectivity index (χ4v) is 2.34. The zero-order valence-electron chi connectivity index (χ0n) is 13.5. The van der Waals surface area contributed by atoms with Crippen LogP contribution in [0, 0.1) is 6.92 Å². The molecule has 0 spiro atoms. The topological polar surface area (TPSA) is 63.8 Å². The molecule has 1 aromatic rings. The van der Waals surface area contributed by atoms with Crippen molar-refractivity contribution in [3.63, 3.8) is 0 Å². The lowest BCUT2D eigenvalue weighted by Crippen LogP contribution is -2.21. The molecule has 4 heteroatoms. The Hall–Kier alpha value is -1.32. The van der Waals surface area contributed by atoms with Gasteiger partial charge in [0.05, 0.1) is 0 Å². The van der Waals surface area contributed by atoms with Crippen molar-refractivity contribution in [2.45, 2.75) is 78.7 Å². The molecule has 0 aliphatic carbocycles. The number of nitrogens with two attached hydrogens (primary N) is 1. The van der Waals surface area contributed by atoms with E-state index in [0.717, 1.165) is 30.0 Å². The highest BCUT2D eigenvalue weighted by Gasteiger charge is 2.13. The Bertz CT molecular complexity index is 404. The highest BCUT2D eigenvalue weighted by atomic mass is 15.1. The van der Waals surface area contributed by atoms with Gasteiger partial charge in [-0.05, 0) is 26.2 Å². The average Bonchev–Trinajstić information content (AvgIpc) is 2.42. The second-order valence-electron chi connectivity index (χ2n) is 5.52. The van der Waals surface area contributed by atoms with E-state index in [1.54, 1.807) is 0 Å². The summed E-state index contributed by atoms with van der Waals surface area (Å²) < 4.78 is 0. The normalized spacial score (nSPS) is 12.4. The number of hydrogen-bond acceptors (Lipinski definition) is 4. The van der Waals surface area contributed by atoms with Gasteiger partial charge in [0.1, 0.15) is 17.5 Å². The third-order valence-corrected chi connectivity index (χ3v) is 3.59. The van der Waals surface area contributed by atoms with Gasteiger partial charge in [-0.2, -0.15) is 0 Å². The van der Waals surface area contributed by atoms with Gasteiger partial charge in [0, 0.05) is 18.0 Å². The number of nitrogens with one attached hydrogen (secondary N) is 1. The molecule has 4 nitrogen and oxygen atoms in total. The van der Waals surface area contributed by atoms with E-state index >= 15 is 0 Å². The summed E-state index contributed by atoms with van der Waals surface area (Å²) >= 11 is 0. The molecular formula is C16H30N4. The smallest absolute Gasteiger partial charge is 0.134 e. The molecule has 0 aliphatic heterocycles. The number of nitrogen functional groups attached to an aromatic ring is 1. The van der Waals surface area contributed by atoms with Crippen LogP contribution in [0.25, 0.3) is 0 Å². The van der Waals surface area contributed by atoms with Crippen LogP contribution in [0.2, 0.25) is 0 Å².